The van der Waals surface area contributed by atoms with Crippen LogP contribution in [0.2, 0.25) is 5.02 Å². The van der Waals surface area contributed by atoms with Crippen molar-refractivity contribution in [3.8, 4) is 5.75 Å². The summed E-state index contributed by atoms with van der Waals surface area (Å²) < 4.78 is 5.40. The highest BCUT2D eigenvalue weighted by molar-refractivity contribution is 6.30. The van der Waals surface area contributed by atoms with Gasteiger partial charge in [-0.1, -0.05) is 18.5 Å². The van der Waals surface area contributed by atoms with Gasteiger partial charge in [0.25, 0.3) is 0 Å². The molecule has 2 N–H and O–H groups in total. The van der Waals surface area contributed by atoms with Crippen LogP contribution in [0, 0.1) is 5.92 Å². The maximum atomic E-state index is 6.07. The number of benzene rings is 1. The molecule has 0 heterocycles. The Balaban J connectivity index is 3.21. The predicted octanol–water partition coefficient (Wildman–Crippen LogP) is 2.55. The van der Waals surface area contributed by atoms with E-state index in [1.165, 1.54) is 0 Å². The topological polar surface area (TPSA) is 38.5 Å². The first-order valence-electron chi connectivity index (χ1n) is 5.71. The van der Waals surface area contributed by atoms with Crippen LogP contribution in [0.25, 0.3) is 0 Å². The Morgan fingerprint density at radius 3 is 2.53 bits per heavy atom. The maximum Gasteiger partial charge on any atom is 0.123 e. The predicted molar refractivity (Wildman–Crippen MR) is 72.7 cm³/mol. The van der Waals surface area contributed by atoms with E-state index < -0.39 is 0 Å². The molecule has 0 aromatic heterocycles. The van der Waals surface area contributed by atoms with Crippen LogP contribution < -0.4 is 10.5 Å². The summed E-state index contributed by atoms with van der Waals surface area (Å²) in [4.78, 5) is 2.14. The molecule has 0 fully saturated rings. The Labute approximate surface area is 109 Å². The number of rotatable bonds is 5. The van der Waals surface area contributed by atoms with Crippen LogP contribution in [0.15, 0.2) is 18.2 Å². The molecular formula is C13H21ClN2O. The lowest BCUT2D eigenvalue weighted by Crippen LogP contribution is -2.30. The summed E-state index contributed by atoms with van der Waals surface area (Å²) in [6.45, 7) is 2.75. The van der Waals surface area contributed by atoms with Gasteiger partial charge in [0.15, 0.2) is 0 Å². The zero-order chi connectivity index (χ0) is 13.0. The van der Waals surface area contributed by atoms with Crippen LogP contribution in [0.5, 0.6) is 5.75 Å². The van der Waals surface area contributed by atoms with Crippen molar-refractivity contribution in [2.24, 2.45) is 11.7 Å². The molecular weight excluding hydrogens is 236 g/mol. The van der Waals surface area contributed by atoms with Crippen LogP contribution in [0.1, 0.15) is 18.5 Å². The summed E-state index contributed by atoms with van der Waals surface area (Å²) in [5, 5.41) is 0.719. The highest BCUT2D eigenvalue weighted by Gasteiger charge is 2.23. The van der Waals surface area contributed by atoms with Gasteiger partial charge >= 0.3 is 0 Å². The van der Waals surface area contributed by atoms with Gasteiger partial charge in [-0.15, -0.1) is 0 Å². The molecule has 0 saturated carbocycles. The van der Waals surface area contributed by atoms with Crippen molar-refractivity contribution in [2.45, 2.75) is 13.0 Å². The number of nitrogens with zero attached hydrogens (tertiary/aromatic N) is 1. The summed E-state index contributed by atoms with van der Waals surface area (Å²) in [6, 6.07) is 5.90. The maximum absolute atomic E-state index is 6.07. The monoisotopic (exact) mass is 256 g/mol. The van der Waals surface area contributed by atoms with Crippen molar-refractivity contribution in [1.82, 2.24) is 4.90 Å². The third kappa shape index (κ3) is 3.35. The second kappa shape index (κ2) is 6.24. The highest BCUT2D eigenvalue weighted by atomic mass is 35.5. The molecule has 4 heteroatoms. The summed E-state index contributed by atoms with van der Waals surface area (Å²) in [6.07, 6.45) is 0. The van der Waals surface area contributed by atoms with Crippen LogP contribution >= 0.6 is 11.6 Å². The number of methoxy groups -OCH3 is 1. The van der Waals surface area contributed by atoms with Crippen molar-refractivity contribution in [3.63, 3.8) is 0 Å². The van der Waals surface area contributed by atoms with E-state index in [0.29, 0.717) is 12.5 Å². The summed E-state index contributed by atoms with van der Waals surface area (Å²) in [7, 11) is 5.75. The fourth-order valence-corrected chi connectivity index (χ4v) is 2.34. The molecule has 0 bridgehead atoms. The molecule has 1 aromatic carbocycles. The molecule has 1 rings (SSSR count). The van der Waals surface area contributed by atoms with Gasteiger partial charge in [-0.25, -0.2) is 0 Å². The minimum atomic E-state index is 0.202. The van der Waals surface area contributed by atoms with Crippen LogP contribution in [0.3, 0.4) is 0 Å². The quantitative estimate of drug-likeness (QED) is 0.880. The summed E-state index contributed by atoms with van der Waals surface area (Å²) in [5.74, 6) is 1.19. The Morgan fingerprint density at radius 1 is 1.41 bits per heavy atom. The van der Waals surface area contributed by atoms with E-state index in [4.69, 9.17) is 22.1 Å². The van der Waals surface area contributed by atoms with Crippen molar-refractivity contribution in [1.29, 1.82) is 0 Å². The standard InChI is InChI=1S/C13H21ClN2O/c1-9(8-15)13(16(2)3)11-7-10(14)5-6-12(11)17-4/h5-7,9,13H,8,15H2,1-4H3. The molecule has 1 aromatic rings. The molecule has 17 heavy (non-hydrogen) atoms. The van der Waals surface area contributed by atoms with Gasteiger partial charge in [-0.05, 0) is 44.8 Å². The molecule has 96 valence electrons. The molecule has 0 aliphatic heterocycles. The van der Waals surface area contributed by atoms with Crippen LogP contribution in [0.4, 0.5) is 0 Å². The number of nitrogens with two attached hydrogens (primary N) is 1. The van der Waals surface area contributed by atoms with E-state index in [1.807, 2.05) is 32.3 Å². The summed E-state index contributed by atoms with van der Waals surface area (Å²) in [5.41, 5.74) is 6.86. The fraction of sp³-hybridized carbons (Fsp3) is 0.538. The second-order valence-electron chi connectivity index (χ2n) is 4.51. The highest BCUT2D eigenvalue weighted by Crippen LogP contribution is 2.34. The first kappa shape index (κ1) is 14.3. The first-order chi connectivity index (χ1) is 8.01. The lowest BCUT2D eigenvalue weighted by Gasteiger charge is -2.31. The van der Waals surface area contributed by atoms with Gasteiger partial charge < -0.3 is 15.4 Å². The number of ether oxygens (including phenoxy) is 1. The van der Waals surface area contributed by atoms with Crippen LogP contribution in [-0.4, -0.2) is 32.6 Å². The van der Waals surface area contributed by atoms with Gasteiger partial charge in [0.05, 0.1) is 7.11 Å². The Bertz CT molecular complexity index is 368. The Kier molecular flexibility index (Phi) is 5.25. The minimum Gasteiger partial charge on any atom is -0.496 e. The molecule has 0 saturated heterocycles. The average Bonchev–Trinajstić information content (AvgIpc) is 2.29. The van der Waals surface area contributed by atoms with E-state index in [9.17, 15) is 0 Å². The van der Waals surface area contributed by atoms with E-state index in [-0.39, 0.29) is 6.04 Å². The smallest absolute Gasteiger partial charge is 0.123 e. The van der Waals surface area contributed by atoms with Crippen molar-refractivity contribution in [2.75, 3.05) is 27.7 Å². The van der Waals surface area contributed by atoms with Gasteiger partial charge in [0.2, 0.25) is 0 Å². The fourth-order valence-electron chi connectivity index (χ4n) is 2.16. The number of hydrogen-bond donors (Lipinski definition) is 1. The van der Waals surface area contributed by atoms with E-state index >= 15 is 0 Å². The minimum absolute atomic E-state index is 0.202. The van der Waals surface area contributed by atoms with E-state index in [2.05, 4.69) is 11.8 Å². The van der Waals surface area contributed by atoms with Gasteiger partial charge in [-0.2, -0.15) is 0 Å². The zero-order valence-corrected chi connectivity index (χ0v) is 11.7. The Morgan fingerprint density at radius 2 is 2.06 bits per heavy atom. The van der Waals surface area contributed by atoms with Gasteiger partial charge in [-0.3, -0.25) is 0 Å². The van der Waals surface area contributed by atoms with Crippen molar-refractivity contribution in [3.05, 3.63) is 28.8 Å². The molecule has 0 amide bonds. The lowest BCUT2D eigenvalue weighted by molar-refractivity contribution is 0.221. The lowest BCUT2D eigenvalue weighted by atomic mass is 9.93. The number of halogens is 1. The SMILES string of the molecule is COc1ccc(Cl)cc1C(C(C)CN)N(C)C. The average molecular weight is 257 g/mol. The van der Waals surface area contributed by atoms with Crippen molar-refractivity contribution >= 4 is 11.6 Å². The second-order valence-corrected chi connectivity index (χ2v) is 4.94. The van der Waals surface area contributed by atoms with Crippen LogP contribution in [-0.2, 0) is 0 Å². The molecule has 0 aliphatic rings. The molecule has 0 spiro atoms. The first-order valence-corrected chi connectivity index (χ1v) is 6.09. The third-order valence-electron chi connectivity index (χ3n) is 2.98. The molecule has 2 unspecified atom stereocenters. The molecule has 0 radical (unpaired) electrons. The number of hydrogen-bond acceptors (Lipinski definition) is 3. The normalized spacial score (nSPS) is 14.8. The van der Waals surface area contributed by atoms with Gasteiger partial charge in [0, 0.05) is 16.6 Å². The van der Waals surface area contributed by atoms with E-state index in [0.717, 1.165) is 16.3 Å². The molecule has 2 atom stereocenters. The van der Waals surface area contributed by atoms with E-state index in [1.54, 1.807) is 7.11 Å². The Hall–Kier alpha value is -0.770. The zero-order valence-electron chi connectivity index (χ0n) is 10.9. The summed E-state index contributed by atoms with van der Waals surface area (Å²) >= 11 is 6.07. The van der Waals surface area contributed by atoms with Crippen molar-refractivity contribution < 1.29 is 4.74 Å². The molecule has 3 nitrogen and oxygen atoms in total. The third-order valence-corrected chi connectivity index (χ3v) is 3.21. The molecule has 0 aliphatic carbocycles. The van der Waals surface area contributed by atoms with Gasteiger partial charge in [0.1, 0.15) is 5.75 Å². The largest absolute Gasteiger partial charge is 0.496 e.